The number of nitrogens with zero attached hydrogens (tertiary/aromatic N) is 3. The summed E-state index contributed by atoms with van der Waals surface area (Å²) in [7, 11) is 1.94. The van der Waals surface area contributed by atoms with Crippen molar-refractivity contribution in [3.8, 4) is 0 Å². The standard InChI is InChI=1S/C13H14N4O/c1-14-7-10-8-17(9-11-4-6-16-18-11)13-12(10)3-2-5-15-13/h2-6,8,14H,7,9H2,1H3. The van der Waals surface area contributed by atoms with Gasteiger partial charge < -0.3 is 14.4 Å². The van der Waals surface area contributed by atoms with Gasteiger partial charge in [0, 0.05) is 30.4 Å². The first-order chi connectivity index (χ1) is 8.88. The molecule has 92 valence electrons. The minimum atomic E-state index is 0.650. The minimum absolute atomic E-state index is 0.650. The number of pyridine rings is 1. The van der Waals surface area contributed by atoms with Crippen LogP contribution < -0.4 is 5.32 Å². The molecular formula is C13H14N4O. The number of nitrogens with one attached hydrogen (secondary N) is 1. The van der Waals surface area contributed by atoms with E-state index in [-0.39, 0.29) is 0 Å². The highest BCUT2D eigenvalue weighted by molar-refractivity contribution is 5.80. The number of hydrogen-bond donors (Lipinski definition) is 1. The van der Waals surface area contributed by atoms with Crippen LogP contribution in [0.4, 0.5) is 0 Å². The molecule has 0 aromatic carbocycles. The average molecular weight is 242 g/mol. The van der Waals surface area contributed by atoms with Crippen molar-refractivity contribution in [2.45, 2.75) is 13.1 Å². The maximum absolute atomic E-state index is 5.14. The van der Waals surface area contributed by atoms with Gasteiger partial charge in [0.2, 0.25) is 0 Å². The molecule has 0 amide bonds. The van der Waals surface area contributed by atoms with Gasteiger partial charge in [-0.3, -0.25) is 0 Å². The molecule has 3 rings (SSSR count). The number of aromatic nitrogens is 3. The quantitative estimate of drug-likeness (QED) is 0.757. The van der Waals surface area contributed by atoms with E-state index in [0.717, 1.165) is 18.0 Å². The van der Waals surface area contributed by atoms with Gasteiger partial charge >= 0.3 is 0 Å². The van der Waals surface area contributed by atoms with Crippen molar-refractivity contribution < 1.29 is 4.52 Å². The second-order valence-corrected chi connectivity index (χ2v) is 4.17. The molecule has 0 spiro atoms. The van der Waals surface area contributed by atoms with E-state index >= 15 is 0 Å². The van der Waals surface area contributed by atoms with Crippen molar-refractivity contribution in [3.05, 3.63) is 48.1 Å². The summed E-state index contributed by atoms with van der Waals surface area (Å²) in [5.74, 6) is 0.827. The smallest absolute Gasteiger partial charge is 0.156 e. The Morgan fingerprint density at radius 3 is 3.06 bits per heavy atom. The fourth-order valence-electron chi connectivity index (χ4n) is 2.14. The van der Waals surface area contributed by atoms with Crippen LogP contribution in [-0.4, -0.2) is 21.8 Å². The van der Waals surface area contributed by atoms with Gasteiger partial charge in [-0.15, -0.1) is 0 Å². The molecule has 3 aromatic heterocycles. The van der Waals surface area contributed by atoms with Gasteiger partial charge in [-0.1, -0.05) is 5.16 Å². The van der Waals surface area contributed by atoms with E-state index in [0.29, 0.717) is 6.54 Å². The minimum Gasteiger partial charge on any atom is -0.359 e. The third-order valence-corrected chi connectivity index (χ3v) is 2.90. The van der Waals surface area contributed by atoms with Gasteiger partial charge in [-0.05, 0) is 24.7 Å². The molecule has 1 N–H and O–H groups in total. The molecule has 0 aliphatic rings. The highest BCUT2D eigenvalue weighted by atomic mass is 16.5. The molecule has 0 unspecified atom stereocenters. The Kier molecular flexibility index (Phi) is 2.82. The molecule has 0 aliphatic heterocycles. The van der Waals surface area contributed by atoms with Crippen LogP contribution in [0.2, 0.25) is 0 Å². The summed E-state index contributed by atoms with van der Waals surface area (Å²) >= 11 is 0. The van der Waals surface area contributed by atoms with Gasteiger partial charge in [0.15, 0.2) is 5.76 Å². The molecular weight excluding hydrogens is 228 g/mol. The lowest BCUT2D eigenvalue weighted by molar-refractivity contribution is 0.377. The van der Waals surface area contributed by atoms with Crippen LogP contribution in [0.15, 0.2) is 41.3 Å². The topological polar surface area (TPSA) is 55.9 Å². The SMILES string of the molecule is CNCc1cn(Cc2ccno2)c2ncccc12. The molecule has 5 heteroatoms. The molecule has 3 aromatic rings. The summed E-state index contributed by atoms with van der Waals surface area (Å²) in [6.07, 6.45) is 5.57. The average Bonchev–Trinajstić information content (AvgIpc) is 3.00. The first-order valence-electron chi connectivity index (χ1n) is 5.85. The summed E-state index contributed by atoms with van der Waals surface area (Å²) in [5.41, 5.74) is 2.21. The second-order valence-electron chi connectivity index (χ2n) is 4.17. The van der Waals surface area contributed by atoms with Crippen LogP contribution in [-0.2, 0) is 13.1 Å². The van der Waals surface area contributed by atoms with Crippen LogP contribution in [0.25, 0.3) is 11.0 Å². The van der Waals surface area contributed by atoms with Gasteiger partial charge in [0.25, 0.3) is 0 Å². The summed E-state index contributed by atoms with van der Waals surface area (Å²) in [6, 6.07) is 5.92. The van der Waals surface area contributed by atoms with Crippen molar-refractivity contribution in [2.24, 2.45) is 0 Å². The van der Waals surface area contributed by atoms with Gasteiger partial charge in [-0.2, -0.15) is 0 Å². The molecule has 0 saturated carbocycles. The maximum Gasteiger partial charge on any atom is 0.156 e. The molecule has 18 heavy (non-hydrogen) atoms. The zero-order chi connectivity index (χ0) is 12.4. The number of hydrogen-bond acceptors (Lipinski definition) is 4. The lowest BCUT2D eigenvalue weighted by atomic mass is 10.2. The van der Waals surface area contributed by atoms with Crippen molar-refractivity contribution in [3.63, 3.8) is 0 Å². The largest absolute Gasteiger partial charge is 0.359 e. The van der Waals surface area contributed by atoms with E-state index in [4.69, 9.17) is 4.52 Å². The predicted octanol–water partition coefficient (Wildman–Crippen LogP) is 1.79. The molecule has 0 bridgehead atoms. The molecule has 0 aliphatic carbocycles. The van der Waals surface area contributed by atoms with Crippen LogP contribution >= 0.6 is 0 Å². The first kappa shape index (κ1) is 11.0. The molecule has 3 heterocycles. The van der Waals surface area contributed by atoms with E-state index < -0.39 is 0 Å². The van der Waals surface area contributed by atoms with Crippen molar-refractivity contribution in [1.29, 1.82) is 0 Å². The Morgan fingerprint density at radius 1 is 1.33 bits per heavy atom. The van der Waals surface area contributed by atoms with Crippen LogP contribution in [0, 0.1) is 0 Å². The Hall–Kier alpha value is -2.14. The van der Waals surface area contributed by atoms with Crippen molar-refractivity contribution in [1.82, 2.24) is 20.0 Å². The fraction of sp³-hybridized carbons (Fsp3) is 0.231. The van der Waals surface area contributed by atoms with E-state index in [2.05, 4.69) is 32.3 Å². The highest BCUT2D eigenvalue weighted by Crippen LogP contribution is 2.20. The summed E-state index contributed by atoms with van der Waals surface area (Å²) in [6.45, 7) is 1.48. The normalized spacial score (nSPS) is 11.2. The number of fused-ring (bicyclic) bond motifs is 1. The van der Waals surface area contributed by atoms with E-state index in [9.17, 15) is 0 Å². The fourth-order valence-corrected chi connectivity index (χ4v) is 2.14. The Morgan fingerprint density at radius 2 is 2.28 bits per heavy atom. The zero-order valence-corrected chi connectivity index (χ0v) is 10.1. The predicted molar refractivity (Wildman–Crippen MR) is 68.1 cm³/mol. The lowest BCUT2D eigenvalue weighted by Crippen LogP contribution is -2.04. The molecule has 5 nitrogen and oxygen atoms in total. The third-order valence-electron chi connectivity index (χ3n) is 2.90. The van der Waals surface area contributed by atoms with E-state index in [1.165, 1.54) is 10.9 Å². The van der Waals surface area contributed by atoms with E-state index in [1.54, 1.807) is 6.20 Å². The summed E-state index contributed by atoms with van der Waals surface area (Å²) < 4.78 is 7.23. The van der Waals surface area contributed by atoms with Crippen molar-refractivity contribution in [2.75, 3.05) is 7.05 Å². The van der Waals surface area contributed by atoms with Crippen LogP contribution in [0.5, 0.6) is 0 Å². The molecule has 0 fully saturated rings. The third kappa shape index (κ3) is 1.89. The maximum atomic E-state index is 5.14. The molecule has 0 atom stereocenters. The number of rotatable bonds is 4. The monoisotopic (exact) mass is 242 g/mol. The van der Waals surface area contributed by atoms with Gasteiger partial charge in [-0.25, -0.2) is 4.98 Å². The van der Waals surface area contributed by atoms with E-state index in [1.807, 2.05) is 25.4 Å². The molecule has 0 saturated heterocycles. The Bertz CT molecular complexity index is 642. The highest BCUT2D eigenvalue weighted by Gasteiger charge is 2.10. The van der Waals surface area contributed by atoms with Crippen LogP contribution in [0.3, 0.4) is 0 Å². The first-order valence-corrected chi connectivity index (χ1v) is 5.85. The summed E-state index contributed by atoms with van der Waals surface area (Å²) in [4.78, 5) is 4.44. The second kappa shape index (κ2) is 4.62. The van der Waals surface area contributed by atoms with Crippen molar-refractivity contribution >= 4 is 11.0 Å². The Balaban J connectivity index is 2.05. The zero-order valence-electron chi connectivity index (χ0n) is 10.1. The molecule has 0 radical (unpaired) electrons. The Labute approximate surface area is 104 Å². The summed E-state index contributed by atoms with van der Waals surface area (Å²) in [5, 5.41) is 8.06. The van der Waals surface area contributed by atoms with Gasteiger partial charge in [0.1, 0.15) is 5.65 Å². The van der Waals surface area contributed by atoms with Gasteiger partial charge in [0.05, 0.1) is 12.7 Å². The van der Waals surface area contributed by atoms with Crippen LogP contribution in [0.1, 0.15) is 11.3 Å². The lowest BCUT2D eigenvalue weighted by Gasteiger charge is -2.00.